The Bertz CT molecular complexity index is 815. The number of benzene rings is 1. The van der Waals surface area contributed by atoms with E-state index in [0.29, 0.717) is 27.2 Å². The Morgan fingerprint density at radius 2 is 1.88 bits per heavy atom. The molecule has 0 N–H and O–H groups in total. The van der Waals surface area contributed by atoms with Crippen molar-refractivity contribution in [3.8, 4) is 0 Å². The lowest BCUT2D eigenvalue weighted by molar-refractivity contribution is 0.0974. The van der Waals surface area contributed by atoms with Crippen molar-refractivity contribution in [1.29, 1.82) is 0 Å². The van der Waals surface area contributed by atoms with Crippen LogP contribution in [-0.4, -0.2) is 10.9 Å². The molecule has 0 saturated heterocycles. The van der Waals surface area contributed by atoms with Gasteiger partial charge < -0.3 is 4.42 Å². The molecule has 1 atom stereocenters. The van der Waals surface area contributed by atoms with Crippen LogP contribution < -0.4 is 4.90 Å². The van der Waals surface area contributed by atoms with Crippen molar-refractivity contribution < 1.29 is 9.21 Å². The van der Waals surface area contributed by atoms with E-state index < -0.39 is 0 Å². The van der Waals surface area contributed by atoms with E-state index in [1.165, 1.54) is 0 Å². The molecule has 3 aromatic rings. The van der Waals surface area contributed by atoms with Gasteiger partial charge in [-0.15, -0.1) is 0 Å². The van der Waals surface area contributed by atoms with Gasteiger partial charge in [0.2, 0.25) is 0 Å². The number of anilines is 1. The van der Waals surface area contributed by atoms with Gasteiger partial charge in [-0.1, -0.05) is 29.3 Å². The Labute approximate surface area is 149 Å². The monoisotopic (exact) mass is 360 g/mol. The van der Waals surface area contributed by atoms with Crippen molar-refractivity contribution in [3.63, 3.8) is 0 Å². The highest BCUT2D eigenvalue weighted by Crippen LogP contribution is 2.29. The largest absolute Gasteiger partial charge is 0.467 e. The number of hydrogen-bond donors (Lipinski definition) is 0. The summed E-state index contributed by atoms with van der Waals surface area (Å²) in [5.74, 6) is 0.909. The summed E-state index contributed by atoms with van der Waals surface area (Å²) in [6.07, 6.45) is 3.21. The van der Waals surface area contributed by atoms with Gasteiger partial charge in [-0.2, -0.15) is 0 Å². The lowest BCUT2D eigenvalue weighted by Crippen LogP contribution is -2.34. The smallest absolute Gasteiger partial charge is 0.260 e. The number of nitrogens with zero attached hydrogens (tertiary/aromatic N) is 2. The fraction of sp³-hybridized carbons (Fsp3) is 0.111. The van der Waals surface area contributed by atoms with E-state index in [4.69, 9.17) is 27.6 Å². The minimum Gasteiger partial charge on any atom is -0.467 e. The molecule has 24 heavy (non-hydrogen) atoms. The molecule has 1 amide bonds. The molecule has 0 unspecified atom stereocenters. The normalized spacial score (nSPS) is 12.0. The second kappa shape index (κ2) is 7.07. The van der Waals surface area contributed by atoms with Crippen molar-refractivity contribution in [3.05, 3.63) is 82.4 Å². The first-order valence-corrected chi connectivity index (χ1v) is 8.06. The molecule has 0 aliphatic carbocycles. The maximum Gasteiger partial charge on any atom is 0.260 e. The zero-order chi connectivity index (χ0) is 17.1. The van der Waals surface area contributed by atoms with Crippen LogP contribution in [0.5, 0.6) is 0 Å². The van der Waals surface area contributed by atoms with E-state index in [1.807, 2.05) is 19.1 Å². The molecule has 4 nitrogen and oxygen atoms in total. The van der Waals surface area contributed by atoms with E-state index in [-0.39, 0.29) is 11.9 Å². The second-order valence-corrected chi connectivity index (χ2v) is 6.09. The zero-order valence-corrected chi connectivity index (χ0v) is 14.3. The first-order chi connectivity index (χ1) is 11.6. The Kier molecular flexibility index (Phi) is 4.88. The van der Waals surface area contributed by atoms with E-state index >= 15 is 0 Å². The maximum atomic E-state index is 13.1. The summed E-state index contributed by atoms with van der Waals surface area (Å²) in [6, 6.07) is 13.4. The SMILES string of the molecule is C[C@@H](c1ccco1)N(C(=O)c1cc(Cl)cc(Cl)c1)c1ccccn1. The molecule has 0 aliphatic heterocycles. The molecule has 2 heterocycles. The number of aromatic nitrogens is 1. The molecule has 0 radical (unpaired) electrons. The second-order valence-electron chi connectivity index (χ2n) is 5.21. The Morgan fingerprint density at radius 1 is 1.12 bits per heavy atom. The Hall–Kier alpha value is -2.30. The van der Waals surface area contributed by atoms with Crippen LogP contribution in [0.1, 0.15) is 29.1 Å². The number of carbonyl (C=O) groups excluding carboxylic acids is 1. The lowest BCUT2D eigenvalue weighted by Gasteiger charge is -2.27. The molecule has 122 valence electrons. The first-order valence-electron chi connectivity index (χ1n) is 7.30. The molecule has 0 spiro atoms. The number of amides is 1. The van der Waals surface area contributed by atoms with Crippen molar-refractivity contribution in [2.24, 2.45) is 0 Å². The number of halogens is 2. The highest BCUT2D eigenvalue weighted by molar-refractivity contribution is 6.35. The minimum absolute atomic E-state index is 0.262. The van der Waals surface area contributed by atoms with Crippen LogP contribution in [0.2, 0.25) is 10.0 Å². The summed E-state index contributed by atoms with van der Waals surface area (Å²) < 4.78 is 5.46. The molecular weight excluding hydrogens is 347 g/mol. The average Bonchev–Trinajstić information content (AvgIpc) is 3.09. The summed E-state index contributed by atoms with van der Waals surface area (Å²) in [4.78, 5) is 19.0. The summed E-state index contributed by atoms with van der Waals surface area (Å²) in [5.41, 5.74) is 0.386. The lowest BCUT2D eigenvalue weighted by atomic mass is 10.1. The van der Waals surface area contributed by atoms with Gasteiger partial charge in [-0.25, -0.2) is 4.98 Å². The Balaban J connectivity index is 2.05. The number of pyridine rings is 1. The first kappa shape index (κ1) is 16.6. The standard InChI is InChI=1S/C18H14Cl2N2O2/c1-12(16-5-4-8-24-16)22(17-6-2-3-7-21-17)18(23)13-9-14(19)11-15(20)10-13/h2-12H,1H3/t12-/m0/s1. The van der Waals surface area contributed by atoms with Crippen LogP contribution in [0.15, 0.2) is 65.4 Å². The third kappa shape index (κ3) is 3.45. The van der Waals surface area contributed by atoms with Gasteiger partial charge in [0.25, 0.3) is 5.91 Å². The summed E-state index contributed by atoms with van der Waals surface area (Å²) in [6.45, 7) is 1.87. The van der Waals surface area contributed by atoms with E-state index in [0.717, 1.165) is 0 Å². The summed E-state index contributed by atoms with van der Waals surface area (Å²) in [5, 5.41) is 0.801. The van der Waals surface area contributed by atoms with Crippen LogP contribution in [0, 0.1) is 0 Å². The Morgan fingerprint density at radius 3 is 2.46 bits per heavy atom. The van der Waals surface area contributed by atoms with Gasteiger partial charge in [-0.05, 0) is 49.4 Å². The summed E-state index contributed by atoms with van der Waals surface area (Å²) >= 11 is 12.1. The van der Waals surface area contributed by atoms with Crippen molar-refractivity contribution in [1.82, 2.24) is 4.98 Å². The van der Waals surface area contributed by atoms with Crippen LogP contribution in [0.25, 0.3) is 0 Å². The number of rotatable bonds is 4. The van der Waals surface area contributed by atoms with E-state index in [2.05, 4.69) is 4.98 Å². The van der Waals surface area contributed by atoms with Crippen molar-refractivity contribution in [2.45, 2.75) is 13.0 Å². The van der Waals surface area contributed by atoms with Gasteiger partial charge in [0.15, 0.2) is 0 Å². The van der Waals surface area contributed by atoms with Crippen molar-refractivity contribution in [2.75, 3.05) is 4.90 Å². The quantitative estimate of drug-likeness (QED) is 0.626. The fourth-order valence-electron chi connectivity index (χ4n) is 2.45. The van der Waals surface area contributed by atoms with Gasteiger partial charge >= 0.3 is 0 Å². The molecular formula is C18H14Cl2N2O2. The highest BCUT2D eigenvalue weighted by Gasteiger charge is 2.27. The number of furan rings is 1. The van der Waals surface area contributed by atoms with Gasteiger partial charge in [-0.3, -0.25) is 9.69 Å². The fourth-order valence-corrected chi connectivity index (χ4v) is 2.97. The van der Waals surface area contributed by atoms with E-state index in [1.54, 1.807) is 53.8 Å². The van der Waals surface area contributed by atoms with Crippen LogP contribution in [0.3, 0.4) is 0 Å². The molecule has 1 aromatic carbocycles. The molecule has 0 saturated carbocycles. The molecule has 6 heteroatoms. The van der Waals surface area contributed by atoms with Gasteiger partial charge in [0.1, 0.15) is 11.6 Å². The van der Waals surface area contributed by atoms with E-state index in [9.17, 15) is 4.79 Å². The van der Waals surface area contributed by atoms with Gasteiger partial charge in [0, 0.05) is 21.8 Å². The highest BCUT2D eigenvalue weighted by atomic mass is 35.5. The number of carbonyl (C=O) groups is 1. The predicted molar refractivity (Wildman–Crippen MR) is 94.6 cm³/mol. The van der Waals surface area contributed by atoms with Crippen LogP contribution in [-0.2, 0) is 0 Å². The topological polar surface area (TPSA) is 46.3 Å². The third-order valence-corrected chi connectivity index (χ3v) is 4.00. The third-order valence-electron chi connectivity index (χ3n) is 3.57. The molecule has 3 rings (SSSR count). The molecule has 0 bridgehead atoms. The number of hydrogen-bond acceptors (Lipinski definition) is 3. The van der Waals surface area contributed by atoms with Gasteiger partial charge in [0.05, 0.1) is 12.3 Å². The minimum atomic E-state index is -0.347. The van der Waals surface area contributed by atoms with Crippen LogP contribution >= 0.6 is 23.2 Å². The molecule has 0 fully saturated rings. The maximum absolute atomic E-state index is 13.1. The predicted octanol–water partition coefficient (Wildman–Crippen LogP) is 5.39. The average molecular weight is 361 g/mol. The van der Waals surface area contributed by atoms with Crippen LogP contribution in [0.4, 0.5) is 5.82 Å². The molecule has 0 aliphatic rings. The zero-order valence-electron chi connectivity index (χ0n) is 12.8. The van der Waals surface area contributed by atoms with Crippen molar-refractivity contribution >= 4 is 34.9 Å². The summed E-state index contributed by atoms with van der Waals surface area (Å²) in [7, 11) is 0. The molecule has 2 aromatic heterocycles.